The second-order valence-electron chi connectivity index (χ2n) is 7.49. The van der Waals surface area contributed by atoms with Crippen molar-refractivity contribution in [3.8, 4) is 10.6 Å². The van der Waals surface area contributed by atoms with E-state index in [-0.39, 0.29) is 18.6 Å². The number of rotatable bonds is 6. The summed E-state index contributed by atoms with van der Waals surface area (Å²) in [4.78, 5) is 18.5. The van der Waals surface area contributed by atoms with Gasteiger partial charge in [-0.05, 0) is 30.9 Å². The Hall–Kier alpha value is -2.69. The van der Waals surface area contributed by atoms with Crippen LogP contribution in [0.4, 0.5) is 15.0 Å². The van der Waals surface area contributed by atoms with Crippen LogP contribution in [0, 0.1) is 6.92 Å². The first-order chi connectivity index (χ1) is 15.0. The van der Waals surface area contributed by atoms with Gasteiger partial charge in [0.1, 0.15) is 22.0 Å². The molecule has 3 aromatic rings. The number of halogens is 1. The van der Waals surface area contributed by atoms with Crippen LogP contribution in [-0.2, 0) is 4.74 Å². The normalized spacial score (nSPS) is 19.0. The van der Waals surface area contributed by atoms with E-state index in [2.05, 4.69) is 25.8 Å². The molecule has 0 saturated carbocycles. The summed E-state index contributed by atoms with van der Waals surface area (Å²) in [5.41, 5.74) is 0.963. The standard InChI is InChI=1S/C21H25FN6O2S/c1-13-26-27-20(31-13)14-3-4-15-11-24-19(10-16(15)9-14)25-21(29)28-7-5-18(17(22)12-28)23-6-8-30-2/h3-4,9-11,17-18,23H,5-8,12H2,1-2H3,(H,24,25,29)/t17-,18-/m0/s1. The number of anilines is 1. The summed E-state index contributed by atoms with van der Waals surface area (Å²) >= 11 is 1.53. The van der Waals surface area contributed by atoms with E-state index in [4.69, 9.17) is 4.74 Å². The van der Waals surface area contributed by atoms with Gasteiger partial charge < -0.3 is 15.0 Å². The fraction of sp³-hybridized carbons (Fsp3) is 0.429. The number of piperidine rings is 1. The molecule has 2 atom stereocenters. The van der Waals surface area contributed by atoms with Crippen LogP contribution < -0.4 is 10.6 Å². The largest absolute Gasteiger partial charge is 0.383 e. The molecule has 2 amide bonds. The molecule has 8 nitrogen and oxygen atoms in total. The molecule has 0 aliphatic carbocycles. The molecule has 2 aromatic heterocycles. The Labute approximate surface area is 183 Å². The highest BCUT2D eigenvalue weighted by Gasteiger charge is 2.31. The molecule has 3 heterocycles. The van der Waals surface area contributed by atoms with Crippen molar-refractivity contribution in [1.82, 2.24) is 25.4 Å². The van der Waals surface area contributed by atoms with Gasteiger partial charge >= 0.3 is 6.03 Å². The number of hydrogen-bond donors (Lipinski definition) is 2. The minimum atomic E-state index is -1.13. The highest BCUT2D eigenvalue weighted by molar-refractivity contribution is 7.14. The monoisotopic (exact) mass is 444 g/mol. The fourth-order valence-electron chi connectivity index (χ4n) is 3.61. The zero-order valence-electron chi connectivity index (χ0n) is 17.5. The lowest BCUT2D eigenvalue weighted by Crippen LogP contribution is -2.53. The van der Waals surface area contributed by atoms with Gasteiger partial charge in [0.25, 0.3) is 0 Å². The van der Waals surface area contributed by atoms with Gasteiger partial charge in [-0.25, -0.2) is 14.2 Å². The number of carbonyl (C=O) groups excluding carboxylic acids is 1. The second kappa shape index (κ2) is 9.63. The molecule has 0 unspecified atom stereocenters. The first kappa shape index (κ1) is 21.5. The molecule has 4 rings (SSSR count). The third kappa shape index (κ3) is 5.15. The molecule has 1 aromatic carbocycles. The fourth-order valence-corrected chi connectivity index (χ4v) is 4.30. The zero-order chi connectivity index (χ0) is 21.8. The molecule has 1 saturated heterocycles. The maximum absolute atomic E-state index is 14.5. The van der Waals surface area contributed by atoms with Gasteiger partial charge in [-0.2, -0.15) is 0 Å². The first-order valence-corrected chi connectivity index (χ1v) is 11.0. The molecule has 1 fully saturated rings. The number of urea groups is 1. The van der Waals surface area contributed by atoms with Crippen molar-refractivity contribution in [1.29, 1.82) is 0 Å². The molecule has 164 valence electrons. The Morgan fingerprint density at radius 2 is 2.19 bits per heavy atom. The van der Waals surface area contributed by atoms with Crippen LogP contribution in [-0.4, -0.2) is 71.7 Å². The first-order valence-electron chi connectivity index (χ1n) is 10.2. The molecule has 0 bridgehead atoms. The number of pyridine rings is 1. The smallest absolute Gasteiger partial charge is 0.323 e. The van der Waals surface area contributed by atoms with E-state index in [1.54, 1.807) is 13.3 Å². The van der Waals surface area contributed by atoms with E-state index in [1.807, 2.05) is 31.2 Å². The number of fused-ring (bicyclic) bond motifs is 1. The number of carbonyl (C=O) groups is 1. The zero-order valence-corrected chi connectivity index (χ0v) is 18.3. The highest BCUT2D eigenvalue weighted by Crippen LogP contribution is 2.27. The summed E-state index contributed by atoms with van der Waals surface area (Å²) in [5, 5.41) is 17.8. The van der Waals surface area contributed by atoms with Gasteiger partial charge in [0.2, 0.25) is 0 Å². The van der Waals surface area contributed by atoms with Crippen molar-refractivity contribution < 1.29 is 13.9 Å². The van der Waals surface area contributed by atoms with Crippen LogP contribution in [0.25, 0.3) is 21.3 Å². The summed E-state index contributed by atoms with van der Waals surface area (Å²) in [6.07, 6.45) is 1.14. The maximum Gasteiger partial charge on any atom is 0.323 e. The van der Waals surface area contributed by atoms with Crippen LogP contribution >= 0.6 is 11.3 Å². The minimum absolute atomic E-state index is 0.0462. The summed E-state index contributed by atoms with van der Waals surface area (Å²) in [6.45, 7) is 3.56. The van der Waals surface area contributed by atoms with E-state index >= 15 is 0 Å². The Balaban J connectivity index is 1.41. The molecule has 31 heavy (non-hydrogen) atoms. The third-order valence-corrected chi connectivity index (χ3v) is 6.16. The van der Waals surface area contributed by atoms with Crippen LogP contribution in [0.5, 0.6) is 0 Å². The SMILES string of the molecule is COCCN[C@H]1CCN(C(=O)Nc2cc3cc(-c4nnc(C)s4)ccc3cn2)C[C@@H]1F. The molecule has 1 aliphatic heterocycles. The number of ether oxygens (including phenoxy) is 1. The van der Waals surface area contributed by atoms with E-state index in [1.165, 1.54) is 16.2 Å². The molecular weight excluding hydrogens is 419 g/mol. The lowest BCUT2D eigenvalue weighted by atomic mass is 10.0. The molecular formula is C21H25FN6O2S. The van der Waals surface area contributed by atoms with E-state index in [0.717, 1.165) is 26.4 Å². The van der Waals surface area contributed by atoms with Crippen molar-refractivity contribution in [2.75, 3.05) is 38.7 Å². The van der Waals surface area contributed by atoms with Gasteiger partial charge in [0.05, 0.1) is 13.2 Å². The van der Waals surface area contributed by atoms with Crippen molar-refractivity contribution in [3.63, 3.8) is 0 Å². The quantitative estimate of drug-likeness (QED) is 0.567. The van der Waals surface area contributed by atoms with E-state index < -0.39 is 6.17 Å². The van der Waals surface area contributed by atoms with Gasteiger partial charge in [0, 0.05) is 43.4 Å². The summed E-state index contributed by atoms with van der Waals surface area (Å²) in [5.74, 6) is 0.429. The topological polar surface area (TPSA) is 92.3 Å². The van der Waals surface area contributed by atoms with Crippen LogP contribution in [0.1, 0.15) is 11.4 Å². The Morgan fingerprint density at radius 3 is 2.94 bits per heavy atom. The average molecular weight is 445 g/mol. The van der Waals surface area contributed by atoms with E-state index in [0.29, 0.717) is 31.9 Å². The number of benzene rings is 1. The summed E-state index contributed by atoms with van der Waals surface area (Å²) < 4.78 is 19.5. The van der Waals surface area contributed by atoms with Gasteiger partial charge in [-0.3, -0.25) is 5.32 Å². The molecule has 2 N–H and O–H groups in total. The Morgan fingerprint density at radius 1 is 1.32 bits per heavy atom. The van der Waals surface area contributed by atoms with Gasteiger partial charge in [-0.15, -0.1) is 10.2 Å². The minimum Gasteiger partial charge on any atom is -0.383 e. The van der Waals surface area contributed by atoms with Gasteiger partial charge in [-0.1, -0.05) is 23.5 Å². The Kier molecular flexibility index (Phi) is 6.69. The molecule has 0 spiro atoms. The number of aromatic nitrogens is 3. The lowest BCUT2D eigenvalue weighted by Gasteiger charge is -2.35. The Bertz CT molecular complexity index is 1060. The summed E-state index contributed by atoms with van der Waals surface area (Å²) in [7, 11) is 1.61. The number of hydrogen-bond acceptors (Lipinski definition) is 7. The molecule has 0 radical (unpaired) electrons. The van der Waals surface area contributed by atoms with Crippen molar-refractivity contribution in [3.05, 3.63) is 35.5 Å². The van der Waals surface area contributed by atoms with E-state index in [9.17, 15) is 9.18 Å². The lowest BCUT2D eigenvalue weighted by molar-refractivity contribution is 0.115. The number of nitrogens with one attached hydrogen (secondary N) is 2. The second-order valence-corrected chi connectivity index (χ2v) is 8.67. The van der Waals surface area contributed by atoms with Crippen LogP contribution in [0.3, 0.4) is 0 Å². The van der Waals surface area contributed by atoms with Crippen LogP contribution in [0.15, 0.2) is 30.5 Å². The van der Waals surface area contributed by atoms with Crippen LogP contribution in [0.2, 0.25) is 0 Å². The van der Waals surface area contributed by atoms with Crippen molar-refractivity contribution in [2.24, 2.45) is 0 Å². The predicted octanol–water partition coefficient (Wildman–Crippen LogP) is 3.24. The van der Waals surface area contributed by atoms with Crippen molar-refractivity contribution >= 4 is 34.0 Å². The number of amides is 2. The summed E-state index contributed by atoms with van der Waals surface area (Å²) in [6, 6.07) is 7.16. The average Bonchev–Trinajstić information content (AvgIpc) is 3.20. The molecule has 1 aliphatic rings. The highest BCUT2D eigenvalue weighted by atomic mass is 32.1. The third-order valence-electron chi connectivity index (χ3n) is 5.27. The molecule has 10 heteroatoms. The van der Waals surface area contributed by atoms with Gasteiger partial charge in [0.15, 0.2) is 0 Å². The number of likely N-dealkylation sites (tertiary alicyclic amines) is 1. The number of methoxy groups -OCH3 is 1. The van der Waals surface area contributed by atoms with Crippen molar-refractivity contribution in [2.45, 2.75) is 25.6 Å². The number of nitrogens with zero attached hydrogens (tertiary/aromatic N) is 4. The number of alkyl halides is 1. The predicted molar refractivity (Wildman–Crippen MR) is 119 cm³/mol. The number of aryl methyl sites for hydroxylation is 1. The maximum atomic E-state index is 14.5.